The monoisotopic (exact) mass is 555 g/mol. The number of amides is 1. The lowest BCUT2D eigenvalue weighted by Gasteiger charge is -2.25. The number of aliphatic hydroxyl groups is 1. The number of thiazole rings is 1. The van der Waals surface area contributed by atoms with E-state index in [1.54, 1.807) is 6.07 Å². The van der Waals surface area contributed by atoms with Crippen LogP contribution in [0.2, 0.25) is 0 Å². The summed E-state index contributed by atoms with van der Waals surface area (Å²) >= 11 is 1.34. The Morgan fingerprint density at radius 3 is 2.38 bits per heavy atom. The lowest BCUT2D eigenvalue weighted by Crippen LogP contribution is -2.29. The summed E-state index contributed by atoms with van der Waals surface area (Å²) in [6.07, 6.45) is 0. The van der Waals surface area contributed by atoms with Crippen molar-refractivity contribution in [3.63, 3.8) is 0 Å². The van der Waals surface area contributed by atoms with Gasteiger partial charge in [0.2, 0.25) is 0 Å². The van der Waals surface area contributed by atoms with Gasteiger partial charge in [-0.05, 0) is 60.4 Å². The number of hydrogen-bond acceptors (Lipinski definition) is 7. The fraction of sp³-hybridized carbons (Fsp3) is 0.281. The molecule has 1 amide bonds. The first-order valence-corrected chi connectivity index (χ1v) is 14.0. The van der Waals surface area contributed by atoms with Gasteiger partial charge < -0.3 is 14.7 Å². The van der Waals surface area contributed by atoms with Crippen molar-refractivity contribution in [2.75, 3.05) is 30.5 Å². The van der Waals surface area contributed by atoms with Crippen LogP contribution in [-0.2, 0) is 15.0 Å². The Morgan fingerprint density at radius 1 is 1.05 bits per heavy atom. The second kappa shape index (κ2) is 10.4. The van der Waals surface area contributed by atoms with Crippen molar-refractivity contribution in [3.05, 3.63) is 89.0 Å². The van der Waals surface area contributed by atoms with Gasteiger partial charge in [-0.1, -0.05) is 56.4 Å². The molecule has 0 radical (unpaired) electrons. The van der Waals surface area contributed by atoms with E-state index in [9.17, 15) is 14.7 Å². The molecule has 7 nitrogen and oxygen atoms in total. The molecule has 0 bridgehead atoms. The van der Waals surface area contributed by atoms with Crippen molar-refractivity contribution < 1.29 is 19.4 Å². The highest BCUT2D eigenvalue weighted by molar-refractivity contribution is 7.22. The Labute approximate surface area is 238 Å². The molecule has 8 heteroatoms. The first-order chi connectivity index (χ1) is 19.0. The SMILES string of the molecule is CCOc1ccc(/C(O)=C2\C(=O)C(=O)N(c3nc4ccccc4s3)C2c2ccc(N(C)C)cc2)cc1C(C)(C)C. The number of carbonyl (C=O) groups excluding carboxylic acids is 2. The van der Waals surface area contributed by atoms with E-state index in [0.717, 1.165) is 27.2 Å². The molecule has 1 aromatic heterocycles. The van der Waals surface area contributed by atoms with E-state index in [-0.39, 0.29) is 16.7 Å². The van der Waals surface area contributed by atoms with Crippen molar-refractivity contribution in [1.29, 1.82) is 0 Å². The van der Waals surface area contributed by atoms with E-state index < -0.39 is 17.7 Å². The number of rotatable bonds is 6. The van der Waals surface area contributed by atoms with Gasteiger partial charge in [0.15, 0.2) is 5.13 Å². The van der Waals surface area contributed by atoms with Crippen molar-refractivity contribution in [2.45, 2.75) is 39.2 Å². The first-order valence-electron chi connectivity index (χ1n) is 13.2. The van der Waals surface area contributed by atoms with Gasteiger partial charge >= 0.3 is 5.91 Å². The Hall–Kier alpha value is -4.17. The lowest BCUT2D eigenvalue weighted by molar-refractivity contribution is -0.132. The summed E-state index contributed by atoms with van der Waals surface area (Å²) in [5.74, 6) is -0.969. The number of para-hydroxylation sites is 1. The molecule has 4 aromatic rings. The molecular formula is C32H33N3O4S. The van der Waals surface area contributed by atoms with E-state index in [2.05, 4.69) is 25.8 Å². The van der Waals surface area contributed by atoms with Gasteiger partial charge in [0.25, 0.3) is 5.78 Å². The first kappa shape index (κ1) is 27.4. The van der Waals surface area contributed by atoms with E-state index in [0.29, 0.717) is 22.9 Å². The molecule has 40 heavy (non-hydrogen) atoms. The molecular weight excluding hydrogens is 522 g/mol. The molecule has 1 saturated heterocycles. The number of ketones is 1. The average molecular weight is 556 g/mol. The summed E-state index contributed by atoms with van der Waals surface area (Å²) in [7, 11) is 3.89. The number of hydrogen-bond donors (Lipinski definition) is 1. The Bertz CT molecular complexity index is 1600. The minimum absolute atomic E-state index is 0.0332. The molecule has 5 rings (SSSR count). The van der Waals surface area contributed by atoms with Gasteiger partial charge in [0.1, 0.15) is 11.5 Å². The van der Waals surface area contributed by atoms with Crippen molar-refractivity contribution in [1.82, 2.24) is 4.98 Å². The third kappa shape index (κ3) is 4.84. The topological polar surface area (TPSA) is 83.0 Å². The van der Waals surface area contributed by atoms with E-state index in [1.165, 1.54) is 16.2 Å². The van der Waals surface area contributed by atoms with Crippen LogP contribution in [0.25, 0.3) is 16.0 Å². The number of carbonyl (C=O) groups is 2. The third-order valence-electron chi connectivity index (χ3n) is 7.02. The third-order valence-corrected chi connectivity index (χ3v) is 8.05. The molecule has 0 aliphatic carbocycles. The second-order valence-corrected chi connectivity index (χ2v) is 12.0. The quantitative estimate of drug-likeness (QED) is 0.162. The summed E-state index contributed by atoms with van der Waals surface area (Å²) in [4.78, 5) is 35.4. The number of Topliss-reactive ketones (excluding diaryl/α,β-unsaturated/α-hetero) is 1. The molecule has 3 aromatic carbocycles. The Kier molecular flexibility index (Phi) is 7.14. The van der Waals surface area contributed by atoms with E-state index in [4.69, 9.17) is 4.74 Å². The minimum Gasteiger partial charge on any atom is -0.507 e. The highest BCUT2D eigenvalue weighted by atomic mass is 32.1. The number of nitrogens with zero attached hydrogens (tertiary/aromatic N) is 3. The molecule has 0 saturated carbocycles. The maximum atomic E-state index is 13.7. The van der Waals surface area contributed by atoms with Gasteiger partial charge in [-0.3, -0.25) is 14.5 Å². The zero-order valence-corrected chi connectivity index (χ0v) is 24.4. The number of aromatic nitrogens is 1. The smallest absolute Gasteiger partial charge is 0.301 e. The summed E-state index contributed by atoms with van der Waals surface area (Å²) < 4.78 is 6.75. The number of aliphatic hydroxyl groups excluding tert-OH is 1. The number of anilines is 2. The predicted octanol–water partition coefficient (Wildman–Crippen LogP) is 6.68. The maximum Gasteiger partial charge on any atom is 0.301 e. The Morgan fingerprint density at radius 2 is 1.75 bits per heavy atom. The van der Waals surface area contributed by atoms with Gasteiger partial charge in [-0.15, -0.1) is 0 Å². The van der Waals surface area contributed by atoms with E-state index >= 15 is 0 Å². The van der Waals surface area contributed by atoms with Crippen LogP contribution in [-0.4, -0.2) is 42.5 Å². The number of fused-ring (bicyclic) bond motifs is 1. The standard InChI is InChI=1S/C32H33N3O4S/c1-7-39-24-17-14-20(18-22(24)32(2,3)4)28(36)26-27(19-12-15-21(16-13-19)34(5)6)35(30(38)29(26)37)31-33-23-10-8-9-11-25(23)40-31/h8-18,27,36H,7H2,1-6H3/b28-26+. The lowest BCUT2D eigenvalue weighted by atomic mass is 9.84. The van der Waals surface area contributed by atoms with Crippen molar-refractivity contribution >= 4 is 49.8 Å². The highest BCUT2D eigenvalue weighted by Gasteiger charge is 2.48. The molecule has 1 N–H and O–H groups in total. The van der Waals surface area contributed by atoms with Crippen LogP contribution < -0.4 is 14.5 Å². The largest absolute Gasteiger partial charge is 0.507 e. The minimum atomic E-state index is -0.846. The summed E-state index contributed by atoms with van der Waals surface area (Å²) in [6, 6.07) is 19.8. The van der Waals surface area contributed by atoms with Crippen molar-refractivity contribution in [3.8, 4) is 5.75 Å². The second-order valence-electron chi connectivity index (χ2n) is 11.0. The molecule has 1 atom stereocenters. The molecule has 1 fully saturated rings. The maximum absolute atomic E-state index is 13.7. The highest BCUT2D eigenvalue weighted by Crippen LogP contribution is 2.45. The molecule has 1 aliphatic heterocycles. The van der Waals surface area contributed by atoms with Crippen molar-refractivity contribution in [2.24, 2.45) is 0 Å². The Balaban J connectivity index is 1.72. The fourth-order valence-electron chi connectivity index (χ4n) is 4.96. The van der Waals surface area contributed by atoms with Crippen LogP contribution in [0.5, 0.6) is 5.75 Å². The van der Waals surface area contributed by atoms with Gasteiger partial charge in [-0.2, -0.15) is 0 Å². The predicted molar refractivity (Wildman–Crippen MR) is 161 cm³/mol. The summed E-state index contributed by atoms with van der Waals surface area (Å²) in [5.41, 5.74) is 3.51. The van der Waals surface area contributed by atoms with Gasteiger partial charge in [0, 0.05) is 30.9 Å². The fourth-order valence-corrected chi connectivity index (χ4v) is 5.96. The number of benzene rings is 3. The number of ether oxygens (including phenoxy) is 1. The zero-order chi connectivity index (χ0) is 28.8. The van der Waals surface area contributed by atoms with Crippen LogP contribution in [0.15, 0.2) is 72.3 Å². The normalized spacial score (nSPS) is 17.1. The van der Waals surface area contributed by atoms with Crippen LogP contribution in [0.1, 0.15) is 50.4 Å². The van der Waals surface area contributed by atoms with Crippen LogP contribution in [0.4, 0.5) is 10.8 Å². The van der Waals surface area contributed by atoms with Crippen LogP contribution >= 0.6 is 11.3 Å². The van der Waals surface area contributed by atoms with Crippen LogP contribution in [0.3, 0.4) is 0 Å². The molecule has 206 valence electrons. The summed E-state index contributed by atoms with van der Waals surface area (Å²) in [6.45, 7) is 8.61. The zero-order valence-electron chi connectivity index (χ0n) is 23.6. The molecule has 2 heterocycles. The summed E-state index contributed by atoms with van der Waals surface area (Å²) in [5, 5.41) is 12.1. The van der Waals surface area contributed by atoms with Gasteiger partial charge in [0.05, 0.1) is 28.4 Å². The molecule has 0 spiro atoms. The van der Waals surface area contributed by atoms with Crippen LogP contribution in [0, 0.1) is 0 Å². The molecule has 1 unspecified atom stereocenters. The average Bonchev–Trinajstić information content (AvgIpc) is 3.46. The van der Waals surface area contributed by atoms with E-state index in [1.807, 2.05) is 86.6 Å². The van der Waals surface area contributed by atoms with Gasteiger partial charge in [-0.25, -0.2) is 4.98 Å². The molecule has 1 aliphatic rings.